The van der Waals surface area contributed by atoms with Crippen molar-refractivity contribution in [3.8, 4) is 0 Å². The Labute approximate surface area is 147 Å². The monoisotopic (exact) mass is 396 g/mol. The van der Waals surface area contributed by atoms with Gasteiger partial charge in [-0.25, -0.2) is 9.78 Å². The second kappa shape index (κ2) is 8.08. The van der Waals surface area contributed by atoms with Crippen LogP contribution in [0, 0.1) is 0 Å². The maximum atomic E-state index is 12.2. The number of halogens is 2. The third-order valence-corrected chi connectivity index (χ3v) is 3.60. The van der Waals surface area contributed by atoms with E-state index in [0.717, 1.165) is 6.42 Å². The number of carbonyl (C=O) groups is 2. The van der Waals surface area contributed by atoms with Crippen LogP contribution in [0.2, 0.25) is 5.15 Å². The molecule has 0 fully saturated rings. The van der Waals surface area contributed by atoms with Crippen LogP contribution in [0.4, 0.5) is 5.69 Å². The summed E-state index contributed by atoms with van der Waals surface area (Å²) in [6.45, 7) is 2.31. The molecule has 0 aliphatic carbocycles. The van der Waals surface area contributed by atoms with Crippen LogP contribution in [0.5, 0.6) is 0 Å². The van der Waals surface area contributed by atoms with Gasteiger partial charge in [-0.1, -0.05) is 18.5 Å². The fourth-order valence-electron chi connectivity index (χ4n) is 1.75. The quantitative estimate of drug-likeness (QED) is 0.603. The van der Waals surface area contributed by atoms with E-state index < -0.39 is 0 Å². The van der Waals surface area contributed by atoms with Gasteiger partial charge in [0.25, 0.3) is 5.91 Å². The van der Waals surface area contributed by atoms with E-state index in [1.54, 1.807) is 30.3 Å². The lowest BCUT2D eigenvalue weighted by Gasteiger charge is -2.08. The average Bonchev–Trinajstić information content (AvgIpc) is 2.55. The molecule has 0 saturated carbocycles. The number of pyridine rings is 1. The van der Waals surface area contributed by atoms with Gasteiger partial charge in [0.15, 0.2) is 0 Å². The van der Waals surface area contributed by atoms with Crippen molar-refractivity contribution in [2.24, 2.45) is 0 Å². The molecule has 120 valence electrons. The lowest BCUT2D eigenvalue weighted by atomic mass is 10.2. The zero-order chi connectivity index (χ0) is 16.8. The Bertz CT molecular complexity index is 720. The number of esters is 1. The highest BCUT2D eigenvalue weighted by molar-refractivity contribution is 9.10. The number of hydrogen-bond acceptors (Lipinski definition) is 4. The van der Waals surface area contributed by atoms with Gasteiger partial charge in [-0.05, 0) is 52.7 Å². The van der Waals surface area contributed by atoms with Gasteiger partial charge >= 0.3 is 5.97 Å². The Balaban J connectivity index is 2.07. The first-order chi connectivity index (χ1) is 11.0. The smallest absolute Gasteiger partial charge is 0.338 e. The maximum Gasteiger partial charge on any atom is 0.338 e. The van der Waals surface area contributed by atoms with Crippen molar-refractivity contribution < 1.29 is 14.3 Å². The number of benzene rings is 1. The number of amides is 1. The number of anilines is 1. The van der Waals surface area contributed by atoms with Gasteiger partial charge < -0.3 is 10.1 Å². The van der Waals surface area contributed by atoms with Crippen molar-refractivity contribution in [1.29, 1.82) is 0 Å². The Morgan fingerprint density at radius 3 is 2.65 bits per heavy atom. The predicted octanol–water partition coefficient (Wildman–Crippen LogP) is 4.32. The number of ether oxygens (including phenoxy) is 1. The van der Waals surface area contributed by atoms with E-state index in [2.05, 4.69) is 26.2 Å². The van der Waals surface area contributed by atoms with E-state index in [9.17, 15) is 9.59 Å². The first-order valence-corrected chi connectivity index (χ1v) is 8.08. The number of nitrogens with zero attached hydrogens (tertiary/aromatic N) is 1. The summed E-state index contributed by atoms with van der Waals surface area (Å²) in [5.41, 5.74) is 1.23. The molecule has 0 bridgehead atoms. The molecule has 1 N–H and O–H groups in total. The van der Waals surface area contributed by atoms with Crippen LogP contribution in [0.15, 0.2) is 41.0 Å². The molecule has 0 spiro atoms. The number of aromatic nitrogens is 1. The Morgan fingerprint density at radius 2 is 2.00 bits per heavy atom. The van der Waals surface area contributed by atoms with Crippen LogP contribution in [-0.4, -0.2) is 23.5 Å². The average molecular weight is 398 g/mol. The molecule has 2 aromatic rings. The molecule has 1 heterocycles. The minimum Gasteiger partial charge on any atom is -0.462 e. The topological polar surface area (TPSA) is 68.3 Å². The molecule has 23 heavy (non-hydrogen) atoms. The minimum atomic E-state index is -0.385. The summed E-state index contributed by atoms with van der Waals surface area (Å²) < 4.78 is 5.69. The SMILES string of the molecule is CCCOC(=O)c1ccc(NC(=O)c2cc(Br)cnc2Cl)cc1. The van der Waals surface area contributed by atoms with Crippen molar-refractivity contribution in [3.63, 3.8) is 0 Å². The van der Waals surface area contributed by atoms with Crippen molar-refractivity contribution in [3.05, 3.63) is 57.3 Å². The maximum absolute atomic E-state index is 12.2. The van der Waals surface area contributed by atoms with Crippen LogP contribution < -0.4 is 5.32 Å². The number of rotatable bonds is 5. The molecule has 0 atom stereocenters. The Morgan fingerprint density at radius 1 is 1.30 bits per heavy atom. The molecule has 7 heteroatoms. The fraction of sp³-hybridized carbons (Fsp3) is 0.188. The van der Waals surface area contributed by atoms with Gasteiger partial charge in [0, 0.05) is 16.4 Å². The number of carbonyl (C=O) groups excluding carboxylic acids is 2. The van der Waals surface area contributed by atoms with Crippen LogP contribution in [0.3, 0.4) is 0 Å². The summed E-state index contributed by atoms with van der Waals surface area (Å²) in [4.78, 5) is 27.8. The van der Waals surface area contributed by atoms with Crippen LogP contribution in [-0.2, 0) is 4.74 Å². The number of nitrogens with one attached hydrogen (secondary N) is 1. The highest BCUT2D eigenvalue weighted by Crippen LogP contribution is 2.20. The normalized spacial score (nSPS) is 10.2. The van der Waals surface area contributed by atoms with Crippen molar-refractivity contribution in [2.45, 2.75) is 13.3 Å². The highest BCUT2D eigenvalue weighted by atomic mass is 79.9. The third-order valence-electron chi connectivity index (χ3n) is 2.87. The van der Waals surface area contributed by atoms with Gasteiger partial charge in [-0.2, -0.15) is 0 Å². The fourth-order valence-corrected chi connectivity index (χ4v) is 2.27. The standard InChI is InChI=1S/C16H14BrClN2O3/c1-2-7-23-16(22)10-3-5-12(6-4-10)20-15(21)13-8-11(17)9-19-14(13)18/h3-6,8-9H,2,7H2,1H3,(H,20,21). The molecule has 1 aromatic carbocycles. The predicted molar refractivity (Wildman–Crippen MR) is 91.9 cm³/mol. The first kappa shape index (κ1) is 17.4. The molecule has 1 aromatic heterocycles. The van der Waals surface area contributed by atoms with Crippen LogP contribution in [0.25, 0.3) is 0 Å². The van der Waals surface area contributed by atoms with Gasteiger partial charge in [0.05, 0.1) is 17.7 Å². The molecule has 0 radical (unpaired) electrons. The van der Waals surface area contributed by atoms with Crippen molar-refractivity contribution >= 4 is 45.1 Å². The number of hydrogen-bond donors (Lipinski definition) is 1. The minimum absolute atomic E-state index is 0.116. The largest absolute Gasteiger partial charge is 0.462 e. The summed E-state index contributed by atoms with van der Waals surface area (Å²) in [7, 11) is 0. The molecular formula is C16H14BrClN2O3. The molecule has 2 rings (SSSR count). The zero-order valence-corrected chi connectivity index (χ0v) is 14.6. The second-order valence-corrected chi connectivity index (χ2v) is 5.93. The molecule has 0 unspecified atom stereocenters. The zero-order valence-electron chi connectivity index (χ0n) is 12.3. The summed E-state index contributed by atoms with van der Waals surface area (Å²) in [5.74, 6) is -0.769. The van der Waals surface area contributed by atoms with Gasteiger partial charge in [0.1, 0.15) is 5.15 Å². The Hall–Kier alpha value is -1.92. The van der Waals surface area contributed by atoms with Crippen molar-refractivity contribution in [2.75, 3.05) is 11.9 Å². The molecule has 0 aliphatic heterocycles. The Kier molecular flexibility index (Phi) is 6.12. The van der Waals surface area contributed by atoms with E-state index in [4.69, 9.17) is 16.3 Å². The highest BCUT2D eigenvalue weighted by Gasteiger charge is 2.13. The molecule has 0 aliphatic rings. The lowest BCUT2D eigenvalue weighted by Crippen LogP contribution is -2.13. The van der Waals surface area contributed by atoms with E-state index in [1.165, 1.54) is 6.20 Å². The molecule has 5 nitrogen and oxygen atoms in total. The van der Waals surface area contributed by atoms with Gasteiger partial charge in [0.2, 0.25) is 0 Å². The van der Waals surface area contributed by atoms with E-state index in [0.29, 0.717) is 22.3 Å². The lowest BCUT2D eigenvalue weighted by molar-refractivity contribution is 0.0505. The second-order valence-electron chi connectivity index (χ2n) is 4.66. The van der Waals surface area contributed by atoms with Gasteiger partial charge in [-0.15, -0.1) is 0 Å². The summed E-state index contributed by atoms with van der Waals surface area (Å²) in [6.07, 6.45) is 2.27. The molecule has 1 amide bonds. The van der Waals surface area contributed by atoms with E-state index >= 15 is 0 Å². The molecule has 0 saturated heterocycles. The summed E-state index contributed by atoms with van der Waals surface area (Å²) in [6, 6.07) is 8.02. The van der Waals surface area contributed by atoms with E-state index in [-0.39, 0.29) is 22.6 Å². The molecular weight excluding hydrogens is 384 g/mol. The van der Waals surface area contributed by atoms with Crippen molar-refractivity contribution in [1.82, 2.24) is 4.98 Å². The van der Waals surface area contributed by atoms with E-state index in [1.807, 2.05) is 6.92 Å². The summed E-state index contributed by atoms with van der Waals surface area (Å²) in [5, 5.41) is 2.82. The van der Waals surface area contributed by atoms with Gasteiger partial charge in [-0.3, -0.25) is 4.79 Å². The third kappa shape index (κ3) is 4.77. The first-order valence-electron chi connectivity index (χ1n) is 6.91. The van der Waals surface area contributed by atoms with Crippen LogP contribution >= 0.6 is 27.5 Å². The van der Waals surface area contributed by atoms with Crippen LogP contribution in [0.1, 0.15) is 34.1 Å². The summed E-state index contributed by atoms with van der Waals surface area (Å²) >= 11 is 9.16.